The van der Waals surface area contributed by atoms with E-state index in [1.807, 2.05) is 0 Å². The van der Waals surface area contributed by atoms with Crippen molar-refractivity contribution in [1.82, 2.24) is 15.1 Å². The summed E-state index contributed by atoms with van der Waals surface area (Å²) < 4.78 is 0. The molecule has 0 amide bonds. The summed E-state index contributed by atoms with van der Waals surface area (Å²) in [5, 5.41) is 3.42. The van der Waals surface area contributed by atoms with Gasteiger partial charge in [-0.05, 0) is 46.4 Å². The molecular formula is C13H29N3. The van der Waals surface area contributed by atoms with Crippen molar-refractivity contribution in [2.45, 2.75) is 45.7 Å². The van der Waals surface area contributed by atoms with Gasteiger partial charge in [-0.15, -0.1) is 0 Å². The van der Waals surface area contributed by atoms with Gasteiger partial charge >= 0.3 is 0 Å². The highest BCUT2D eigenvalue weighted by Crippen LogP contribution is 2.17. The predicted molar refractivity (Wildman–Crippen MR) is 70.9 cm³/mol. The van der Waals surface area contributed by atoms with Crippen molar-refractivity contribution in [2.75, 3.05) is 39.8 Å². The lowest BCUT2D eigenvalue weighted by Crippen LogP contribution is -2.45. The van der Waals surface area contributed by atoms with Crippen LogP contribution in [0.5, 0.6) is 0 Å². The summed E-state index contributed by atoms with van der Waals surface area (Å²) in [5.74, 6) is 0. The number of hydrogen-bond acceptors (Lipinski definition) is 3. The molecule has 1 heterocycles. The van der Waals surface area contributed by atoms with E-state index in [2.05, 4.69) is 42.9 Å². The average Bonchev–Trinajstić information content (AvgIpc) is 2.72. The van der Waals surface area contributed by atoms with Gasteiger partial charge in [0.1, 0.15) is 0 Å². The lowest BCUT2D eigenvalue weighted by atomic mass is 10.2. The smallest absolute Gasteiger partial charge is 0.0223 e. The second-order valence-electron chi connectivity index (χ2n) is 5.02. The van der Waals surface area contributed by atoms with Gasteiger partial charge in [-0.25, -0.2) is 0 Å². The van der Waals surface area contributed by atoms with Gasteiger partial charge in [0, 0.05) is 25.2 Å². The van der Waals surface area contributed by atoms with E-state index in [1.165, 1.54) is 32.5 Å². The molecular weight excluding hydrogens is 198 g/mol. The molecule has 1 N–H and O–H groups in total. The minimum atomic E-state index is 0.638. The zero-order chi connectivity index (χ0) is 12.0. The molecule has 1 fully saturated rings. The maximum absolute atomic E-state index is 3.42. The van der Waals surface area contributed by atoms with Crippen molar-refractivity contribution in [2.24, 2.45) is 0 Å². The molecule has 0 aliphatic carbocycles. The normalized spacial score (nSPS) is 24.2. The Balaban J connectivity index is 2.29. The second kappa shape index (κ2) is 7.25. The lowest BCUT2D eigenvalue weighted by molar-refractivity contribution is 0.168. The maximum Gasteiger partial charge on any atom is 0.0223 e. The number of hydrogen-bond donors (Lipinski definition) is 1. The molecule has 2 unspecified atom stereocenters. The van der Waals surface area contributed by atoms with Gasteiger partial charge in [0.2, 0.25) is 0 Å². The molecule has 0 aromatic heterocycles. The van der Waals surface area contributed by atoms with Crippen molar-refractivity contribution in [3.05, 3.63) is 0 Å². The molecule has 1 rings (SSSR count). The van der Waals surface area contributed by atoms with Crippen LogP contribution in [0.15, 0.2) is 0 Å². The molecule has 16 heavy (non-hydrogen) atoms. The van der Waals surface area contributed by atoms with Crippen LogP contribution >= 0.6 is 0 Å². The monoisotopic (exact) mass is 227 g/mol. The molecule has 0 radical (unpaired) electrons. The molecule has 1 aliphatic rings. The first-order chi connectivity index (χ1) is 7.69. The first-order valence-corrected chi connectivity index (χ1v) is 6.84. The van der Waals surface area contributed by atoms with Gasteiger partial charge in [-0.3, -0.25) is 4.90 Å². The molecule has 0 aromatic carbocycles. The maximum atomic E-state index is 3.42. The van der Waals surface area contributed by atoms with Gasteiger partial charge in [0.15, 0.2) is 0 Å². The zero-order valence-electron chi connectivity index (χ0n) is 11.5. The quantitative estimate of drug-likeness (QED) is 0.709. The molecule has 0 aromatic rings. The molecule has 0 saturated carbocycles. The second-order valence-corrected chi connectivity index (χ2v) is 5.02. The summed E-state index contributed by atoms with van der Waals surface area (Å²) in [4.78, 5) is 5.12. The van der Waals surface area contributed by atoms with Gasteiger partial charge in [-0.2, -0.15) is 0 Å². The third-order valence-corrected chi connectivity index (χ3v) is 3.85. The highest BCUT2D eigenvalue weighted by Gasteiger charge is 2.25. The van der Waals surface area contributed by atoms with E-state index >= 15 is 0 Å². The minimum Gasteiger partial charge on any atom is -0.315 e. The Labute approximate surface area is 101 Å². The van der Waals surface area contributed by atoms with Gasteiger partial charge in [0.05, 0.1) is 0 Å². The van der Waals surface area contributed by atoms with E-state index in [0.717, 1.165) is 19.1 Å². The molecule has 3 heteroatoms. The number of rotatable bonds is 7. The highest BCUT2D eigenvalue weighted by molar-refractivity contribution is 4.82. The standard InChI is InChI=1S/C13H29N3/c1-5-14-10-12(3)15(4)11-13-8-7-9-16(13)6-2/h12-14H,5-11H2,1-4H3. The fourth-order valence-electron chi connectivity index (χ4n) is 2.54. The van der Waals surface area contributed by atoms with E-state index in [-0.39, 0.29) is 0 Å². The van der Waals surface area contributed by atoms with Crippen LogP contribution in [0.25, 0.3) is 0 Å². The molecule has 0 spiro atoms. The highest BCUT2D eigenvalue weighted by atomic mass is 15.2. The van der Waals surface area contributed by atoms with Crippen LogP contribution in [0.4, 0.5) is 0 Å². The SMILES string of the molecule is CCNCC(C)N(C)CC1CCCN1CC. The van der Waals surface area contributed by atoms with E-state index in [4.69, 9.17) is 0 Å². The predicted octanol–water partition coefficient (Wildman–Crippen LogP) is 1.40. The van der Waals surface area contributed by atoms with Crippen molar-refractivity contribution in [3.63, 3.8) is 0 Å². The third kappa shape index (κ3) is 4.04. The number of likely N-dealkylation sites (tertiary alicyclic amines) is 1. The number of nitrogens with one attached hydrogen (secondary N) is 1. The Morgan fingerprint density at radius 3 is 2.81 bits per heavy atom. The van der Waals surface area contributed by atoms with Crippen LogP contribution in [0, 0.1) is 0 Å². The summed E-state index contributed by atoms with van der Waals surface area (Å²) in [6, 6.07) is 1.43. The Kier molecular flexibility index (Phi) is 6.32. The molecule has 3 nitrogen and oxygen atoms in total. The average molecular weight is 227 g/mol. The van der Waals surface area contributed by atoms with Crippen molar-refractivity contribution >= 4 is 0 Å². The van der Waals surface area contributed by atoms with Gasteiger partial charge < -0.3 is 10.2 Å². The molecule has 1 aliphatic heterocycles. The topological polar surface area (TPSA) is 18.5 Å². The largest absolute Gasteiger partial charge is 0.315 e. The Morgan fingerprint density at radius 2 is 2.19 bits per heavy atom. The van der Waals surface area contributed by atoms with Crippen LogP contribution in [0.3, 0.4) is 0 Å². The number of nitrogens with zero attached hydrogens (tertiary/aromatic N) is 2. The summed E-state index contributed by atoms with van der Waals surface area (Å²) in [6.45, 7) is 12.7. The summed E-state index contributed by atoms with van der Waals surface area (Å²) in [7, 11) is 2.26. The van der Waals surface area contributed by atoms with Crippen molar-refractivity contribution in [1.29, 1.82) is 0 Å². The van der Waals surface area contributed by atoms with Crippen LogP contribution in [0.1, 0.15) is 33.6 Å². The summed E-state index contributed by atoms with van der Waals surface area (Å²) >= 11 is 0. The molecule has 1 saturated heterocycles. The van der Waals surface area contributed by atoms with Gasteiger partial charge in [0.25, 0.3) is 0 Å². The Morgan fingerprint density at radius 1 is 1.44 bits per heavy atom. The first kappa shape index (κ1) is 13.9. The van der Waals surface area contributed by atoms with Crippen LogP contribution in [0.2, 0.25) is 0 Å². The zero-order valence-corrected chi connectivity index (χ0v) is 11.5. The molecule has 2 atom stereocenters. The Hall–Kier alpha value is -0.120. The fraction of sp³-hybridized carbons (Fsp3) is 1.00. The van der Waals surface area contributed by atoms with Crippen LogP contribution in [-0.2, 0) is 0 Å². The fourth-order valence-corrected chi connectivity index (χ4v) is 2.54. The molecule has 96 valence electrons. The van der Waals surface area contributed by atoms with E-state index in [0.29, 0.717) is 6.04 Å². The van der Waals surface area contributed by atoms with Crippen molar-refractivity contribution in [3.8, 4) is 0 Å². The Bertz CT molecular complexity index is 184. The summed E-state index contributed by atoms with van der Waals surface area (Å²) in [5.41, 5.74) is 0. The van der Waals surface area contributed by atoms with E-state index in [9.17, 15) is 0 Å². The van der Waals surface area contributed by atoms with E-state index in [1.54, 1.807) is 0 Å². The number of likely N-dealkylation sites (N-methyl/N-ethyl adjacent to an activating group) is 3. The van der Waals surface area contributed by atoms with Crippen LogP contribution < -0.4 is 5.32 Å². The van der Waals surface area contributed by atoms with Crippen LogP contribution in [-0.4, -0.2) is 61.7 Å². The summed E-state index contributed by atoms with van der Waals surface area (Å²) in [6.07, 6.45) is 2.76. The lowest BCUT2D eigenvalue weighted by Gasteiger charge is -2.31. The molecule has 0 bridgehead atoms. The minimum absolute atomic E-state index is 0.638. The van der Waals surface area contributed by atoms with E-state index < -0.39 is 0 Å². The first-order valence-electron chi connectivity index (χ1n) is 6.84. The van der Waals surface area contributed by atoms with Crippen molar-refractivity contribution < 1.29 is 0 Å². The van der Waals surface area contributed by atoms with Gasteiger partial charge in [-0.1, -0.05) is 13.8 Å². The third-order valence-electron chi connectivity index (χ3n) is 3.85.